The fraction of sp³-hybridized carbons (Fsp3) is 0.600. The summed E-state index contributed by atoms with van der Waals surface area (Å²) < 4.78 is 11.3. The number of benzene rings is 1. The van der Waals surface area contributed by atoms with Crippen molar-refractivity contribution in [1.82, 2.24) is 5.32 Å². The van der Waals surface area contributed by atoms with Crippen LogP contribution >= 0.6 is 11.6 Å². The van der Waals surface area contributed by atoms with Crippen LogP contribution < -0.4 is 14.8 Å². The molecule has 0 aromatic heterocycles. The topological polar surface area (TPSA) is 30.5 Å². The molecule has 0 unspecified atom stereocenters. The highest BCUT2D eigenvalue weighted by molar-refractivity contribution is 6.31. The predicted octanol–water partition coefficient (Wildman–Crippen LogP) is 4.03. The Morgan fingerprint density at radius 3 is 2.42 bits per heavy atom. The smallest absolute Gasteiger partial charge is 0.162 e. The van der Waals surface area contributed by atoms with Gasteiger partial charge in [-0.2, -0.15) is 0 Å². The van der Waals surface area contributed by atoms with E-state index in [1.807, 2.05) is 19.1 Å². The van der Waals surface area contributed by atoms with Crippen LogP contribution in [0.15, 0.2) is 12.1 Å². The zero-order chi connectivity index (χ0) is 14.1. The van der Waals surface area contributed by atoms with E-state index < -0.39 is 0 Å². The van der Waals surface area contributed by atoms with Gasteiger partial charge in [-0.25, -0.2) is 0 Å². The first-order valence-electron chi connectivity index (χ1n) is 7.01. The summed E-state index contributed by atoms with van der Waals surface area (Å²) in [5.41, 5.74) is 1.04. The third-order valence-corrected chi connectivity index (χ3v) is 2.97. The number of rotatable bonds is 9. The lowest BCUT2D eigenvalue weighted by Gasteiger charge is -2.15. The van der Waals surface area contributed by atoms with Gasteiger partial charge >= 0.3 is 0 Å². The molecule has 108 valence electrons. The summed E-state index contributed by atoms with van der Waals surface area (Å²) in [5, 5.41) is 4.06. The lowest BCUT2D eigenvalue weighted by Crippen LogP contribution is -2.14. The standard InChI is InChI=1S/C15H24ClNO2/c1-4-7-17-11-12-9-14(18-6-3)15(10-13(12)16)19-8-5-2/h9-10,17H,4-8,11H2,1-3H3. The Labute approximate surface area is 121 Å². The molecule has 1 aromatic rings. The van der Waals surface area contributed by atoms with E-state index in [9.17, 15) is 0 Å². The van der Waals surface area contributed by atoms with Gasteiger partial charge < -0.3 is 14.8 Å². The normalized spacial score (nSPS) is 10.5. The highest BCUT2D eigenvalue weighted by atomic mass is 35.5. The Balaban J connectivity index is 2.85. The average Bonchev–Trinajstić information content (AvgIpc) is 2.40. The van der Waals surface area contributed by atoms with Crippen molar-refractivity contribution in [3.8, 4) is 11.5 Å². The van der Waals surface area contributed by atoms with Gasteiger partial charge in [0, 0.05) is 17.6 Å². The first-order chi connectivity index (χ1) is 9.22. The van der Waals surface area contributed by atoms with Gasteiger partial charge in [-0.05, 0) is 37.9 Å². The van der Waals surface area contributed by atoms with Crippen LogP contribution in [0.2, 0.25) is 5.02 Å². The Bertz CT molecular complexity index is 383. The van der Waals surface area contributed by atoms with Gasteiger partial charge in [-0.15, -0.1) is 0 Å². The number of nitrogens with one attached hydrogen (secondary N) is 1. The van der Waals surface area contributed by atoms with Crippen LogP contribution in [-0.2, 0) is 6.54 Å². The molecule has 1 rings (SSSR count). The van der Waals surface area contributed by atoms with E-state index in [4.69, 9.17) is 21.1 Å². The summed E-state index contributed by atoms with van der Waals surface area (Å²) in [6.07, 6.45) is 2.07. The molecular weight excluding hydrogens is 262 g/mol. The Kier molecular flexibility index (Phi) is 7.68. The van der Waals surface area contributed by atoms with Crippen molar-refractivity contribution in [2.24, 2.45) is 0 Å². The molecule has 0 radical (unpaired) electrons. The summed E-state index contributed by atoms with van der Waals surface area (Å²) in [6, 6.07) is 3.82. The Morgan fingerprint density at radius 1 is 1.05 bits per heavy atom. The van der Waals surface area contributed by atoms with E-state index in [0.717, 1.165) is 48.0 Å². The minimum Gasteiger partial charge on any atom is -0.490 e. The summed E-state index contributed by atoms with van der Waals surface area (Å²) in [6.45, 7) is 9.20. The van der Waals surface area contributed by atoms with Gasteiger partial charge in [-0.1, -0.05) is 25.4 Å². The molecule has 0 aliphatic carbocycles. The summed E-state index contributed by atoms with van der Waals surface area (Å²) in [7, 11) is 0. The van der Waals surface area contributed by atoms with Crippen LogP contribution in [0, 0.1) is 0 Å². The molecule has 0 aliphatic heterocycles. The lowest BCUT2D eigenvalue weighted by atomic mass is 10.2. The van der Waals surface area contributed by atoms with Crippen molar-refractivity contribution < 1.29 is 9.47 Å². The molecule has 0 saturated heterocycles. The largest absolute Gasteiger partial charge is 0.490 e. The maximum atomic E-state index is 6.28. The van der Waals surface area contributed by atoms with Crippen LogP contribution in [0.3, 0.4) is 0 Å². The predicted molar refractivity (Wildman–Crippen MR) is 80.4 cm³/mol. The molecule has 0 saturated carbocycles. The molecule has 0 bridgehead atoms. The molecule has 3 nitrogen and oxygen atoms in total. The fourth-order valence-corrected chi connectivity index (χ4v) is 1.93. The second kappa shape index (κ2) is 9.05. The third-order valence-electron chi connectivity index (χ3n) is 2.62. The zero-order valence-corrected chi connectivity index (χ0v) is 12.8. The van der Waals surface area contributed by atoms with Crippen molar-refractivity contribution in [3.63, 3.8) is 0 Å². The zero-order valence-electron chi connectivity index (χ0n) is 12.1. The average molecular weight is 286 g/mol. The molecule has 0 aliphatic rings. The van der Waals surface area contributed by atoms with E-state index in [2.05, 4.69) is 19.2 Å². The number of hydrogen-bond donors (Lipinski definition) is 1. The second-order valence-electron chi connectivity index (χ2n) is 4.35. The molecule has 0 atom stereocenters. The molecule has 0 heterocycles. The van der Waals surface area contributed by atoms with Crippen LogP contribution in [0.4, 0.5) is 0 Å². The van der Waals surface area contributed by atoms with Crippen molar-refractivity contribution in [1.29, 1.82) is 0 Å². The van der Waals surface area contributed by atoms with Crippen molar-refractivity contribution in [3.05, 3.63) is 22.7 Å². The van der Waals surface area contributed by atoms with Crippen molar-refractivity contribution >= 4 is 11.6 Å². The van der Waals surface area contributed by atoms with Crippen LogP contribution in [0.1, 0.15) is 39.2 Å². The maximum absolute atomic E-state index is 6.28. The molecule has 4 heteroatoms. The Hall–Kier alpha value is -0.930. The highest BCUT2D eigenvalue weighted by Gasteiger charge is 2.10. The van der Waals surface area contributed by atoms with E-state index in [1.165, 1.54) is 0 Å². The minimum absolute atomic E-state index is 0.617. The van der Waals surface area contributed by atoms with Gasteiger partial charge in [0.05, 0.1) is 13.2 Å². The lowest BCUT2D eigenvalue weighted by molar-refractivity contribution is 0.276. The number of ether oxygens (including phenoxy) is 2. The van der Waals surface area contributed by atoms with Crippen LogP contribution in [0.25, 0.3) is 0 Å². The van der Waals surface area contributed by atoms with E-state index in [1.54, 1.807) is 0 Å². The summed E-state index contributed by atoms with van der Waals surface area (Å²) in [4.78, 5) is 0. The highest BCUT2D eigenvalue weighted by Crippen LogP contribution is 2.33. The molecule has 1 N–H and O–H groups in total. The van der Waals surface area contributed by atoms with Gasteiger partial charge in [0.15, 0.2) is 11.5 Å². The van der Waals surface area contributed by atoms with E-state index in [0.29, 0.717) is 13.2 Å². The SMILES string of the molecule is CCCNCc1cc(OCC)c(OCCC)cc1Cl. The summed E-state index contributed by atoms with van der Waals surface area (Å²) in [5.74, 6) is 1.50. The maximum Gasteiger partial charge on any atom is 0.162 e. The molecule has 1 aromatic carbocycles. The molecule has 0 spiro atoms. The van der Waals surface area contributed by atoms with Gasteiger partial charge in [0.2, 0.25) is 0 Å². The van der Waals surface area contributed by atoms with Crippen molar-refractivity contribution in [2.75, 3.05) is 19.8 Å². The summed E-state index contributed by atoms with van der Waals surface area (Å²) >= 11 is 6.28. The van der Waals surface area contributed by atoms with Gasteiger partial charge in [0.1, 0.15) is 0 Å². The number of halogens is 1. The first kappa shape index (κ1) is 16.1. The second-order valence-corrected chi connectivity index (χ2v) is 4.76. The van der Waals surface area contributed by atoms with Gasteiger partial charge in [-0.3, -0.25) is 0 Å². The first-order valence-corrected chi connectivity index (χ1v) is 7.39. The monoisotopic (exact) mass is 285 g/mol. The minimum atomic E-state index is 0.617. The molecule has 0 amide bonds. The van der Waals surface area contributed by atoms with E-state index >= 15 is 0 Å². The fourth-order valence-electron chi connectivity index (χ4n) is 1.71. The Morgan fingerprint density at radius 2 is 1.79 bits per heavy atom. The quantitative estimate of drug-likeness (QED) is 0.695. The number of hydrogen-bond acceptors (Lipinski definition) is 3. The van der Waals surface area contributed by atoms with E-state index in [-0.39, 0.29) is 0 Å². The molecular formula is C15H24ClNO2. The van der Waals surface area contributed by atoms with Crippen LogP contribution in [-0.4, -0.2) is 19.8 Å². The third kappa shape index (κ3) is 5.29. The van der Waals surface area contributed by atoms with Crippen molar-refractivity contribution in [2.45, 2.75) is 40.2 Å². The van der Waals surface area contributed by atoms with Gasteiger partial charge in [0.25, 0.3) is 0 Å². The molecule has 19 heavy (non-hydrogen) atoms. The van der Waals surface area contributed by atoms with Crippen LogP contribution in [0.5, 0.6) is 11.5 Å². The molecule has 0 fully saturated rings.